The van der Waals surface area contributed by atoms with Crippen LogP contribution >= 0.6 is 11.6 Å². The molecule has 0 aromatic heterocycles. The molecule has 25 heavy (non-hydrogen) atoms. The van der Waals surface area contributed by atoms with Crippen LogP contribution in [0.15, 0.2) is 65.9 Å². The highest BCUT2D eigenvalue weighted by molar-refractivity contribution is 6.30. The lowest BCUT2D eigenvalue weighted by Gasteiger charge is -2.21. The first kappa shape index (κ1) is 16.2. The molecule has 4 rings (SSSR count). The average Bonchev–Trinajstić information content (AvgIpc) is 3.39. The van der Waals surface area contributed by atoms with Gasteiger partial charge in [-0.15, -0.1) is 0 Å². The molecular formula is C22H19ClO2. The third-order valence-electron chi connectivity index (χ3n) is 4.83. The van der Waals surface area contributed by atoms with E-state index < -0.39 is 0 Å². The van der Waals surface area contributed by atoms with Crippen LogP contribution in [0.4, 0.5) is 0 Å². The number of halogens is 1. The maximum Gasteiger partial charge on any atom is 0.343 e. The number of rotatable bonds is 3. The van der Waals surface area contributed by atoms with Gasteiger partial charge in [0.2, 0.25) is 0 Å². The Morgan fingerprint density at radius 2 is 1.88 bits per heavy atom. The number of hydrogen-bond acceptors (Lipinski definition) is 2. The van der Waals surface area contributed by atoms with Crippen LogP contribution in [0.3, 0.4) is 0 Å². The molecule has 0 heterocycles. The molecule has 0 spiro atoms. The van der Waals surface area contributed by atoms with E-state index in [1.807, 2.05) is 44.2 Å². The van der Waals surface area contributed by atoms with Crippen molar-refractivity contribution < 1.29 is 9.53 Å². The Bertz CT molecular complexity index is 905. The van der Waals surface area contributed by atoms with Crippen molar-refractivity contribution in [3.63, 3.8) is 0 Å². The van der Waals surface area contributed by atoms with Crippen molar-refractivity contribution >= 4 is 23.1 Å². The summed E-state index contributed by atoms with van der Waals surface area (Å²) in [5, 5.41) is 0.755. The molecule has 1 saturated carbocycles. The van der Waals surface area contributed by atoms with Crippen molar-refractivity contribution in [2.45, 2.75) is 26.2 Å². The zero-order valence-electron chi connectivity index (χ0n) is 14.3. The van der Waals surface area contributed by atoms with E-state index >= 15 is 0 Å². The van der Waals surface area contributed by atoms with Crippen LogP contribution in [0.5, 0.6) is 0 Å². The van der Waals surface area contributed by atoms with E-state index in [9.17, 15) is 4.79 Å². The van der Waals surface area contributed by atoms with Crippen LogP contribution in [0, 0.1) is 5.92 Å². The van der Waals surface area contributed by atoms with Gasteiger partial charge in [-0.2, -0.15) is 0 Å². The second kappa shape index (κ2) is 6.20. The minimum atomic E-state index is -0.328. The largest absolute Gasteiger partial charge is 0.422 e. The lowest BCUT2D eigenvalue weighted by molar-refractivity contribution is 0.0637. The predicted molar refractivity (Wildman–Crippen MR) is 101 cm³/mol. The molecule has 2 aliphatic carbocycles. The van der Waals surface area contributed by atoms with E-state index in [1.54, 1.807) is 12.1 Å². The molecule has 2 atom stereocenters. The fraction of sp³-hybridized carbons (Fsp3) is 0.227. The lowest BCUT2D eigenvalue weighted by Crippen LogP contribution is -2.10. The van der Waals surface area contributed by atoms with Crippen LogP contribution in [-0.2, 0) is 4.74 Å². The van der Waals surface area contributed by atoms with Gasteiger partial charge >= 0.3 is 5.97 Å². The van der Waals surface area contributed by atoms with Gasteiger partial charge in [0.1, 0.15) is 5.76 Å². The maximum atomic E-state index is 12.6. The van der Waals surface area contributed by atoms with Gasteiger partial charge in [-0.1, -0.05) is 41.9 Å². The lowest BCUT2D eigenvalue weighted by atomic mass is 9.88. The first-order chi connectivity index (χ1) is 12.0. The number of ether oxygens (including phenoxy) is 1. The third-order valence-corrected chi connectivity index (χ3v) is 5.06. The molecule has 2 aromatic rings. The standard InChI is InChI=1S/C22H19ClO2/c1-13(2)21(25-22(24)14-6-4-3-5-7-14)20-11-15-10-18(15)19-12-16(23)8-9-17(19)20/h3-9,11-12,15,18H,10H2,1-2H3. The van der Waals surface area contributed by atoms with E-state index in [-0.39, 0.29) is 5.97 Å². The number of carbonyl (C=O) groups excluding carboxylic acids is 1. The van der Waals surface area contributed by atoms with Gasteiger partial charge in [0.15, 0.2) is 0 Å². The second-order valence-electron chi connectivity index (χ2n) is 6.90. The van der Waals surface area contributed by atoms with Gasteiger partial charge in [-0.3, -0.25) is 0 Å². The van der Waals surface area contributed by atoms with Gasteiger partial charge in [-0.25, -0.2) is 4.79 Å². The van der Waals surface area contributed by atoms with Gasteiger partial charge < -0.3 is 4.74 Å². The molecule has 0 radical (unpaired) electrons. The molecule has 0 bridgehead atoms. The van der Waals surface area contributed by atoms with Crippen LogP contribution < -0.4 is 0 Å². The highest BCUT2D eigenvalue weighted by Crippen LogP contribution is 2.56. The first-order valence-electron chi connectivity index (χ1n) is 8.51. The van der Waals surface area contributed by atoms with E-state index in [2.05, 4.69) is 12.1 Å². The Labute approximate surface area is 152 Å². The topological polar surface area (TPSA) is 26.3 Å². The number of hydrogen-bond donors (Lipinski definition) is 0. The molecule has 2 aliphatic rings. The highest BCUT2D eigenvalue weighted by Gasteiger charge is 2.42. The fourth-order valence-corrected chi connectivity index (χ4v) is 3.68. The smallest absolute Gasteiger partial charge is 0.343 e. The summed E-state index contributed by atoms with van der Waals surface area (Å²) in [7, 11) is 0. The van der Waals surface area contributed by atoms with Gasteiger partial charge in [0.25, 0.3) is 0 Å². The predicted octanol–water partition coefficient (Wildman–Crippen LogP) is 5.99. The molecule has 0 aliphatic heterocycles. The summed E-state index contributed by atoms with van der Waals surface area (Å²) in [6, 6.07) is 15.1. The molecular weight excluding hydrogens is 332 g/mol. The average molecular weight is 351 g/mol. The van der Waals surface area contributed by atoms with Crippen molar-refractivity contribution in [3.8, 4) is 0 Å². The van der Waals surface area contributed by atoms with Gasteiger partial charge in [-0.05, 0) is 73.1 Å². The summed E-state index contributed by atoms with van der Waals surface area (Å²) in [6.07, 6.45) is 3.39. The zero-order valence-corrected chi connectivity index (χ0v) is 15.0. The van der Waals surface area contributed by atoms with Crippen LogP contribution in [0.2, 0.25) is 5.02 Å². The van der Waals surface area contributed by atoms with Gasteiger partial charge in [0, 0.05) is 10.6 Å². The molecule has 2 nitrogen and oxygen atoms in total. The van der Waals surface area contributed by atoms with Crippen molar-refractivity contribution in [1.29, 1.82) is 0 Å². The van der Waals surface area contributed by atoms with Crippen LogP contribution in [0.1, 0.15) is 47.7 Å². The SMILES string of the molecule is CC(C)=C(OC(=O)c1ccccc1)C1=CC2CC2c2cc(Cl)ccc21. The Kier molecular flexibility index (Phi) is 4.01. The molecule has 3 heteroatoms. The summed E-state index contributed by atoms with van der Waals surface area (Å²) < 4.78 is 5.83. The van der Waals surface area contributed by atoms with Crippen LogP contribution in [0.25, 0.3) is 5.57 Å². The molecule has 2 aromatic carbocycles. The van der Waals surface area contributed by atoms with Gasteiger partial charge in [0.05, 0.1) is 5.56 Å². The molecule has 1 fully saturated rings. The molecule has 0 N–H and O–H groups in total. The van der Waals surface area contributed by atoms with Crippen molar-refractivity contribution in [2.75, 3.05) is 0 Å². The summed E-state index contributed by atoms with van der Waals surface area (Å²) in [6.45, 7) is 3.95. The van der Waals surface area contributed by atoms with E-state index in [1.165, 1.54) is 5.56 Å². The maximum absolute atomic E-state index is 12.6. The first-order valence-corrected chi connectivity index (χ1v) is 8.89. The van der Waals surface area contributed by atoms with E-state index in [0.717, 1.165) is 28.2 Å². The molecule has 0 saturated heterocycles. The number of allylic oxidation sites excluding steroid dienone is 3. The fourth-order valence-electron chi connectivity index (χ4n) is 3.50. The number of carbonyl (C=O) groups is 1. The Hall–Kier alpha value is -2.32. The number of esters is 1. The monoisotopic (exact) mass is 350 g/mol. The second-order valence-corrected chi connectivity index (χ2v) is 7.34. The third kappa shape index (κ3) is 3.03. The zero-order chi connectivity index (χ0) is 17.6. The molecule has 126 valence electrons. The van der Waals surface area contributed by atoms with E-state index in [4.69, 9.17) is 16.3 Å². The molecule has 0 amide bonds. The quantitative estimate of drug-likeness (QED) is 0.502. The summed E-state index contributed by atoms with van der Waals surface area (Å²) in [5.74, 6) is 1.40. The summed E-state index contributed by atoms with van der Waals surface area (Å²) in [5.41, 5.74) is 4.94. The minimum Gasteiger partial charge on any atom is -0.422 e. The number of benzene rings is 2. The molecule has 2 unspecified atom stereocenters. The summed E-state index contributed by atoms with van der Waals surface area (Å²) >= 11 is 6.20. The minimum absolute atomic E-state index is 0.328. The highest BCUT2D eigenvalue weighted by atomic mass is 35.5. The van der Waals surface area contributed by atoms with Crippen molar-refractivity contribution in [3.05, 3.63) is 87.7 Å². The van der Waals surface area contributed by atoms with Crippen LogP contribution in [-0.4, -0.2) is 5.97 Å². The Morgan fingerprint density at radius 3 is 2.60 bits per heavy atom. The Balaban J connectivity index is 1.72. The van der Waals surface area contributed by atoms with E-state index in [0.29, 0.717) is 23.2 Å². The number of fused-ring (bicyclic) bond motifs is 3. The summed E-state index contributed by atoms with van der Waals surface area (Å²) in [4.78, 5) is 12.6. The van der Waals surface area contributed by atoms with Crippen molar-refractivity contribution in [1.82, 2.24) is 0 Å². The Morgan fingerprint density at radius 1 is 1.12 bits per heavy atom. The van der Waals surface area contributed by atoms with Crippen molar-refractivity contribution in [2.24, 2.45) is 5.92 Å². The normalized spacial score (nSPS) is 20.0.